The van der Waals surface area contributed by atoms with Gasteiger partial charge in [0.1, 0.15) is 0 Å². The zero-order valence-corrected chi connectivity index (χ0v) is 11.6. The molecule has 0 unspecified atom stereocenters. The number of rotatable bonds is 3. The highest BCUT2D eigenvalue weighted by Gasteiger charge is 2.21. The molecule has 0 bridgehead atoms. The minimum atomic E-state index is -0.780. The van der Waals surface area contributed by atoms with Crippen LogP contribution in [0.3, 0.4) is 0 Å². The van der Waals surface area contributed by atoms with E-state index in [0.29, 0.717) is 0 Å². The second kappa shape index (κ2) is 8.10. The Morgan fingerprint density at radius 1 is 0.864 bits per heavy atom. The Hall–Kier alpha value is -3.29. The fourth-order valence-corrected chi connectivity index (χ4v) is 1.50. The van der Waals surface area contributed by atoms with Crippen LogP contribution in [-0.4, -0.2) is 15.8 Å². The highest BCUT2D eigenvalue weighted by molar-refractivity contribution is 5.88. The van der Waals surface area contributed by atoms with Gasteiger partial charge in [-0.2, -0.15) is 0 Å². The SMILES string of the molecule is CC(=O)Nc1ccccc1.O=[N+]([O-])c1ccccc1[N+](=O)[O-]. The zero-order valence-electron chi connectivity index (χ0n) is 11.6. The number of hydrogen-bond acceptors (Lipinski definition) is 5. The molecule has 0 spiro atoms. The van der Waals surface area contributed by atoms with Crippen LogP contribution in [-0.2, 0) is 4.79 Å². The lowest BCUT2D eigenvalue weighted by Gasteiger charge is -1.98. The number of hydrogen-bond donors (Lipinski definition) is 1. The van der Waals surface area contributed by atoms with Crippen molar-refractivity contribution in [3.63, 3.8) is 0 Å². The van der Waals surface area contributed by atoms with Crippen molar-refractivity contribution in [3.05, 3.63) is 74.8 Å². The molecule has 0 fully saturated rings. The fourth-order valence-electron chi connectivity index (χ4n) is 1.50. The molecule has 0 radical (unpaired) electrons. The summed E-state index contributed by atoms with van der Waals surface area (Å²) in [5.74, 6) is -0.0359. The van der Waals surface area contributed by atoms with Crippen LogP contribution in [0.15, 0.2) is 54.6 Å². The van der Waals surface area contributed by atoms with E-state index in [2.05, 4.69) is 5.32 Å². The van der Waals surface area contributed by atoms with Gasteiger partial charge in [-0.1, -0.05) is 30.3 Å². The van der Waals surface area contributed by atoms with Crippen LogP contribution < -0.4 is 5.32 Å². The van der Waals surface area contributed by atoms with Crippen molar-refractivity contribution < 1.29 is 14.6 Å². The van der Waals surface area contributed by atoms with Gasteiger partial charge < -0.3 is 5.32 Å². The van der Waals surface area contributed by atoms with E-state index < -0.39 is 21.2 Å². The maximum absolute atomic E-state index is 10.5. The Kier molecular flexibility index (Phi) is 6.17. The first-order valence-electron chi connectivity index (χ1n) is 6.12. The van der Waals surface area contributed by atoms with E-state index in [4.69, 9.17) is 0 Å². The summed E-state index contributed by atoms with van der Waals surface area (Å²) in [5, 5.41) is 23.1. The smallest absolute Gasteiger partial charge is 0.326 e. The van der Waals surface area contributed by atoms with E-state index >= 15 is 0 Å². The largest absolute Gasteiger partial charge is 0.346 e. The summed E-state index contributed by atoms with van der Waals surface area (Å²) in [6, 6.07) is 14.3. The number of nitrogens with one attached hydrogen (secondary N) is 1. The minimum absolute atomic E-state index is 0.0359. The number of nitro benzene ring substituents is 2. The third-order valence-electron chi connectivity index (χ3n) is 2.37. The molecule has 2 aromatic rings. The maximum atomic E-state index is 10.5. The van der Waals surface area contributed by atoms with E-state index in [1.165, 1.54) is 19.1 Å². The van der Waals surface area contributed by atoms with Crippen LogP contribution in [0.5, 0.6) is 0 Å². The summed E-state index contributed by atoms with van der Waals surface area (Å²) in [6.45, 7) is 1.49. The topological polar surface area (TPSA) is 115 Å². The molecule has 2 rings (SSSR count). The van der Waals surface area contributed by atoms with Crippen LogP contribution >= 0.6 is 0 Å². The van der Waals surface area contributed by atoms with Crippen molar-refractivity contribution >= 4 is 23.0 Å². The Labute approximate surface area is 125 Å². The van der Waals surface area contributed by atoms with Crippen LogP contribution in [0.1, 0.15) is 6.92 Å². The van der Waals surface area contributed by atoms with Crippen LogP contribution in [0.25, 0.3) is 0 Å². The summed E-state index contributed by atoms with van der Waals surface area (Å²) >= 11 is 0. The molecular formula is C14H13N3O5. The minimum Gasteiger partial charge on any atom is -0.326 e. The van der Waals surface area contributed by atoms with Gasteiger partial charge in [-0.3, -0.25) is 25.0 Å². The van der Waals surface area contributed by atoms with Gasteiger partial charge in [-0.15, -0.1) is 0 Å². The predicted octanol–water partition coefficient (Wildman–Crippen LogP) is 3.15. The number of carbonyl (C=O) groups excluding carboxylic acids is 1. The first-order valence-corrected chi connectivity index (χ1v) is 6.12. The summed E-state index contributed by atoms with van der Waals surface area (Å²) in [6.07, 6.45) is 0. The Balaban J connectivity index is 0.000000224. The maximum Gasteiger partial charge on any atom is 0.346 e. The Bertz CT molecular complexity index is 640. The van der Waals surface area contributed by atoms with Gasteiger partial charge in [0, 0.05) is 24.7 Å². The number of benzene rings is 2. The molecular weight excluding hydrogens is 290 g/mol. The number of anilines is 1. The summed E-state index contributed by atoms with van der Waals surface area (Å²) in [5.41, 5.74) is -0.125. The van der Waals surface area contributed by atoms with Crippen molar-refractivity contribution in [3.8, 4) is 0 Å². The normalized spacial score (nSPS) is 9.14. The van der Waals surface area contributed by atoms with Crippen molar-refractivity contribution in [1.82, 2.24) is 0 Å². The number of nitro groups is 2. The lowest BCUT2D eigenvalue weighted by atomic mass is 10.3. The van der Waals surface area contributed by atoms with E-state index in [1.807, 2.05) is 30.3 Å². The van der Waals surface area contributed by atoms with Crippen LogP contribution in [0.2, 0.25) is 0 Å². The van der Waals surface area contributed by atoms with Crippen LogP contribution in [0.4, 0.5) is 17.1 Å². The number of para-hydroxylation sites is 3. The monoisotopic (exact) mass is 303 g/mol. The molecule has 0 aliphatic carbocycles. The number of amides is 1. The van der Waals surface area contributed by atoms with Gasteiger partial charge in [0.25, 0.3) is 0 Å². The summed E-state index contributed by atoms with van der Waals surface area (Å²) in [7, 11) is 0. The summed E-state index contributed by atoms with van der Waals surface area (Å²) < 4.78 is 0. The molecule has 114 valence electrons. The van der Waals surface area contributed by atoms with Crippen molar-refractivity contribution in [2.45, 2.75) is 6.92 Å². The fraction of sp³-hybridized carbons (Fsp3) is 0.0714. The molecule has 0 aliphatic heterocycles. The molecule has 22 heavy (non-hydrogen) atoms. The van der Waals surface area contributed by atoms with Crippen LogP contribution in [0, 0.1) is 20.2 Å². The molecule has 2 aromatic carbocycles. The highest BCUT2D eigenvalue weighted by atomic mass is 16.6. The first-order chi connectivity index (χ1) is 10.4. The quantitative estimate of drug-likeness (QED) is 0.690. The third-order valence-corrected chi connectivity index (χ3v) is 2.37. The second-order valence-electron chi connectivity index (χ2n) is 4.05. The Morgan fingerprint density at radius 3 is 1.64 bits per heavy atom. The molecule has 0 saturated heterocycles. The molecule has 0 atom stereocenters. The van der Waals surface area contributed by atoms with Gasteiger partial charge in [-0.25, -0.2) is 0 Å². The standard InChI is InChI=1S/C8H9NO.C6H4N2O4/c1-7(10)9-8-5-3-2-4-6-8;9-7(10)5-3-1-2-4-6(5)8(11)12/h2-6H,1H3,(H,9,10);1-4H. The van der Waals surface area contributed by atoms with E-state index in [0.717, 1.165) is 17.8 Å². The zero-order chi connectivity index (χ0) is 16.5. The Morgan fingerprint density at radius 2 is 1.27 bits per heavy atom. The number of nitrogens with zero attached hydrogens (tertiary/aromatic N) is 2. The predicted molar refractivity (Wildman–Crippen MR) is 80.5 cm³/mol. The van der Waals surface area contributed by atoms with E-state index in [-0.39, 0.29) is 5.91 Å². The van der Waals surface area contributed by atoms with Gasteiger partial charge in [0.05, 0.1) is 9.85 Å². The van der Waals surface area contributed by atoms with Crippen molar-refractivity contribution in [2.24, 2.45) is 0 Å². The molecule has 8 heteroatoms. The summed E-state index contributed by atoms with van der Waals surface area (Å²) in [4.78, 5) is 29.4. The van der Waals surface area contributed by atoms with Crippen molar-refractivity contribution in [2.75, 3.05) is 5.32 Å². The molecule has 0 saturated carbocycles. The van der Waals surface area contributed by atoms with Crippen molar-refractivity contribution in [1.29, 1.82) is 0 Å². The van der Waals surface area contributed by atoms with Gasteiger partial charge in [-0.05, 0) is 12.1 Å². The average molecular weight is 303 g/mol. The lowest BCUT2D eigenvalue weighted by molar-refractivity contribution is -0.422. The third kappa shape index (κ3) is 5.37. The average Bonchev–Trinajstić information content (AvgIpc) is 2.48. The van der Waals surface area contributed by atoms with E-state index in [9.17, 15) is 25.0 Å². The molecule has 0 aliphatic rings. The second-order valence-corrected chi connectivity index (χ2v) is 4.05. The molecule has 1 N–H and O–H groups in total. The van der Waals surface area contributed by atoms with Gasteiger partial charge in [0.2, 0.25) is 5.91 Å². The molecule has 1 amide bonds. The molecule has 0 aromatic heterocycles. The van der Waals surface area contributed by atoms with Gasteiger partial charge >= 0.3 is 11.4 Å². The lowest BCUT2D eigenvalue weighted by Crippen LogP contribution is -2.04. The molecule has 8 nitrogen and oxygen atoms in total. The first kappa shape index (κ1) is 16.8. The van der Waals surface area contributed by atoms with Gasteiger partial charge in [0.15, 0.2) is 0 Å². The number of carbonyl (C=O) groups is 1. The van der Waals surface area contributed by atoms with E-state index in [1.54, 1.807) is 0 Å². The molecule has 0 heterocycles. The highest BCUT2D eigenvalue weighted by Crippen LogP contribution is 2.24.